The first kappa shape index (κ1) is 16.5. The molecule has 1 aromatic carbocycles. The molecule has 3 nitrogen and oxygen atoms in total. The van der Waals surface area contributed by atoms with Crippen molar-refractivity contribution < 1.29 is 4.39 Å². The second-order valence-electron chi connectivity index (χ2n) is 4.95. The second kappa shape index (κ2) is 6.90. The number of benzene rings is 1. The van der Waals surface area contributed by atoms with Crippen LogP contribution < -0.4 is 5.32 Å². The Morgan fingerprint density at radius 3 is 2.76 bits per heavy atom. The van der Waals surface area contributed by atoms with Gasteiger partial charge in [-0.3, -0.25) is 4.68 Å². The predicted octanol–water partition coefficient (Wildman–Crippen LogP) is 4.18. The average molecular weight is 375 g/mol. The first-order valence-electron chi connectivity index (χ1n) is 6.80. The van der Waals surface area contributed by atoms with Gasteiger partial charge in [0.2, 0.25) is 0 Å². The van der Waals surface area contributed by atoms with Crippen LogP contribution in [-0.4, -0.2) is 16.3 Å². The van der Waals surface area contributed by atoms with Crippen molar-refractivity contribution in [3.05, 3.63) is 50.5 Å². The summed E-state index contributed by atoms with van der Waals surface area (Å²) in [7, 11) is 1.87. The fourth-order valence-corrected chi connectivity index (χ4v) is 3.18. The SMILES string of the molecule is CCNC(Cc1c(Cl)c(C)nn1C)c1cc(F)ccc1Br. The topological polar surface area (TPSA) is 29.9 Å². The minimum Gasteiger partial charge on any atom is -0.310 e. The highest BCUT2D eigenvalue weighted by atomic mass is 79.9. The van der Waals surface area contributed by atoms with E-state index < -0.39 is 0 Å². The Labute approximate surface area is 137 Å². The quantitative estimate of drug-likeness (QED) is 0.851. The van der Waals surface area contributed by atoms with E-state index in [4.69, 9.17) is 11.6 Å². The summed E-state index contributed by atoms with van der Waals surface area (Å²) in [5, 5.41) is 8.39. The predicted molar refractivity (Wildman–Crippen MR) is 87.2 cm³/mol. The number of halogens is 3. The number of nitrogens with zero attached hydrogens (tertiary/aromatic N) is 2. The van der Waals surface area contributed by atoms with Gasteiger partial charge in [-0.1, -0.05) is 34.5 Å². The number of hydrogen-bond acceptors (Lipinski definition) is 2. The van der Waals surface area contributed by atoms with Gasteiger partial charge in [0.25, 0.3) is 0 Å². The Hall–Kier alpha value is -0.910. The van der Waals surface area contributed by atoms with Crippen molar-refractivity contribution in [2.24, 2.45) is 7.05 Å². The van der Waals surface area contributed by atoms with Crippen molar-refractivity contribution in [1.29, 1.82) is 0 Å². The molecule has 1 N–H and O–H groups in total. The minimum absolute atomic E-state index is 0.0348. The van der Waals surface area contributed by atoms with E-state index in [1.54, 1.807) is 16.8 Å². The van der Waals surface area contributed by atoms with Crippen LogP contribution in [0.15, 0.2) is 22.7 Å². The molecular weight excluding hydrogens is 357 g/mol. The molecule has 2 aromatic rings. The molecule has 0 saturated heterocycles. The van der Waals surface area contributed by atoms with Gasteiger partial charge in [0.15, 0.2) is 0 Å². The molecule has 2 rings (SSSR count). The molecule has 0 fully saturated rings. The molecule has 6 heteroatoms. The van der Waals surface area contributed by atoms with E-state index >= 15 is 0 Å². The fraction of sp³-hybridized carbons (Fsp3) is 0.400. The fourth-order valence-electron chi connectivity index (χ4n) is 2.42. The largest absolute Gasteiger partial charge is 0.310 e. The van der Waals surface area contributed by atoms with E-state index in [0.29, 0.717) is 11.4 Å². The molecule has 0 saturated carbocycles. The Balaban J connectivity index is 2.37. The lowest BCUT2D eigenvalue weighted by Gasteiger charge is -2.20. The molecule has 0 aliphatic carbocycles. The summed E-state index contributed by atoms with van der Waals surface area (Å²) in [5.41, 5.74) is 2.63. The van der Waals surface area contributed by atoms with E-state index in [1.807, 2.05) is 20.9 Å². The van der Waals surface area contributed by atoms with Gasteiger partial charge in [-0.05, 0) is 37.2 Å². The molecule has 0 bridgehead atoms. The summed E-state index contributed by atoms with van der Waals surface area (Å²) >= 11 is 9.81. The number of nitrogens with one attached hydrogen (secondary N) is 1. The molecule has 114 valence electrons. The van der Waals surface area contributed by atoms with Crippen molar-refractivity contribution in [2.45, 2.75) is 26.3 Å². The van der Waals surface area contributed by atoms with Crippen molar-refractivity contribution in [1.82, 2.24) is 15.1 Å². The Kier molecular flexibility index (Phi) is 5.41. The summed E-state index contributed by atoms with van der Waals surface area (Å²) in [4.78, 5) is 0. The third-order valence-corrected chi connectivity index (χ3v) is 4.66. The minimum atomic E-state index is -0.247. The number of rotatable bonds is 5. The zero-order valence-electron chi connectivity index (χ0n) is 12.3. The van der Waals surface area contributed by atoms with Crippen LogP contribution in [-0.2, 0) is 13.5 Å². The number of hydrogen-bond donors (Lipinski definition) is 1. The molecule has 0 spiro atoms. The third kappa shape index (κ3) is 3.65. The van der Waals surface area contributed by atoms with Gasteiger partial charge >= 0.3 is 0 Å². The summed E-state index contributed by atoms with van der Waals surface area (Å²) in [6.07, 6.45) is 0.645. The van der Waals surface area contributed by atoms with Crippen LogP contribution in [0.1, 0.15) is 29.9 Å². The molecule has 1 aromatic heterocycles. The van der Waals surface area contributed by atoms with E-state index in [9.17, 15) is 4.39 Å². The van der Waals surface area contributed by atoms with Crippen molar-refractivity contribution >= 4 is 27.5 Å². The average Bonchev–Trinajstić information content (AvgIpc) is 2.67. The van der Waals surface area contributed by atoms with E-state index in [-0.39, 0.29) is 11.9 Å². The molecule has 1 atom stereocenters. The van der Waals surface area contributed by atoms with Crippen molar-refractivity contribution in [3.8, 4) is 0 Å². The smallest absolute Gasteiger partial charge is 0.123 e. The van der Waals surface area contributed by atoms with E-state index in [2.05, 4.69) is 26.3 Å². The van der Waals surface area contributed by atoms with Crippen LogP contribution in [0.4, 0.5) is 4.39 Å². The monoisotopic (exact) mass is 373 g/mol. The number of aromatic nitrogens is 2. The van der Waals surface area contributed by atoms with Crippen LogP contribution >= 0.6 is 27.5 Å². The third-order valence-electron chi connectivity index (χ3n) is 3.44. The van der Waals surface area contributed by atoms with Crippen molar-refractivity contribution in [2.75, 3.05) is 6.54 Å². The first-order valence-corrected chi connectivity index (χ1v) is 7.97. The lowest BCUT2D eigenvalue weighted by molar-refractivity contribution is 0.522. The van der Waals surface area contributed by atoms with Gasteiger partial charge in [0.05, 0.1) is 16.4 Å². The van der Waals surface area contributed by atoms with E-state index in [1.165, 1.54) is 6.07 Å². The zero-order valence-corrected chi connectivity index (χ0v) is 14.6. The standard InChI is InChI=1S/C15H18BrClFN3/c1-4-19-13(11-7-10(18)5-6-12(11)16)8-14-15(17)9(2)20-21(14)3/h5-7,13,19H,4,8H2,1-3H3. The van der Waals surface area contributed by atoms with Gasteiger partial charge in [0.1, 0.15) is 5.82 Å². The van der Waals surface area contributed by atoms with Gasteiger partial charge in [-0.15, -0.1) is 0 Å². The van der Waals surface area contributed by atoms with Crippen LogP contribution in [0.3, 0.4) is 0 Å². The van der Waals surface area contributed by atoms with Crippen LogP contribution in [0.25, 0.3) is 0 Å². The van der Waals surface area contributed by atoms with Gasteiger partial charge in [0, 0.05) is 24.0 Å². The van der Waals surface area contributed by atoms with E-state index in [0.717, 1.165) is 28.0 Å². The number of aryl methyl sites for hydroxylation is 2. The summed E-state index contributed by atoms with van der Waals surface area (Å²) in [5.74, 6) is -0.247. The molecule has 0 radical (unpaired) electrons. The van der Waals surface area contributed by atoms with Crippen molar-refractivity contribution in [3.63, 3.8) is 0 Å². The molecule has 21 heavy (non-hydrogen) atoms. The molecule has 1 heterocycles. The normalized spacial score (nSPS) is 12.7. The van der Waals surface area contributed by atoms with Gasteiger partial charge in [-0.2, -0.15) is 5.10 Å². The lowest BCUT2D eigenvalue weighted by Crippen LogP contribution is -2.24. The van der Waals surface area contributed by atoms with Crippen LogP contribution in [0, 0.1) is 12.7 Å². The summed E-state index contributed by atoms with van der Waals surface area (Å²) < 4.78 is 16.2. The highest BCUT2D eigenvalue weighted by molar-refractivity contribution is 9.10. The maximum absolute atomic E-state index is 13.6. The highest BCUT2D eigenvalue weighted by Crippen LogP contribution is 2.30. The molecule has 1 unspecified atom stereocenters. The molecule has 0 aliphatic rings. The summed E-state index contributed by atoms with van der Waals surface area (Å²) in [6.45, 7) is 4.69. The van der Waals surface area contributed by atoms with Gasteiger partial charge < -0.3 is 5.32 Å². The molecule has 0 aliphatic heterocycles. The maximum atomic E-state index is 13.6. The molecule has 0 amide bonds. The van der Waals surface area contributed by atoms with Crippen LogP contribution in [0.5, 0.6) is 0 Å². The Morgan fingerprint density at radius 2 is 2.19 bits per heavy atom. The summed E-state index contributed by atoms with van der Waals surface area (Å²) in [6, 6.07) is 4.68. The Morgan fingerprint density at radius 1 is 1.48 bits per heavy atom. The maximum Gasteiger partial charge on any atom is 0.123 e. The van der Waals surface area contributed by atoms with Gasteiger partial charge in [-0.25, -0.2) is 4.39 Å². The number of likely N-dealkylation sites (N-methyl/N-ethyl adjacent to an activating group) is 1. The lowest BCUT2D eigenvalue weighted by atomic mass is 10.0. The highest BCUT2D eigenvalue weighted by Gasteiger charge is 2.20. The molecular formula is C15H18BrClFN3. The second-order valence-corrected chi connectivity index (χ2v) is 6.18. The van der Waals surface area contributed by atoms with Crippen LogP contribution in [0.2, 0.25) is 5.02 Å². The Bertz CT molecular complexity index is 642. The zero-order chi connectivity index (χ0) is 15.6. The first-order chi connectivity index (χ1) is 9.93.